The van der Waals surface area contributed by atoms with Crippen LogP contribution in [0.3, 0.4) is 0 Å². The van der Waals surface area contributed by atoms with Crippen molar-refractivity contribution >= 4 is 5.91 Å². The molecule has 0 saturated heterocycles. The minimum atomic E-state index is 0.157. The molecule has 1 aliphatic carbocycles. The average Bonchev–Trinajstić information content (AvgIpc) is 2.56. The molecule has 0 saturated carbocycles. The van der Waals surface area contributed by atoms with Gasteiger partial charge < -0.3 is 5.32 Å². The number of carbonyl (C=O) groups is 1. The van der Waals surface area contributed by atoms with Crippen molar-refractivity contribution in [3.8, 4) is 0 Å². The van der Waals surface area contributed by atoms with Crippen molar-refractivity contribution in [2.75, 3.05) is 0 Å². The highest BCUT2D eigenvalue weighted by Gasteiger charge is 2.21. The van der Waals surface area contributed by atoms with Crippen molar-refractivity contribution in [3.05, 3.63) is 70.3 Å². The predicted octanol–water partition coefficient (Wildman–Crippen LogP) is 4.43. The maximum atomic E-state index is 12.3. The first-order valence-corrected chi connectivity index (χ1v) is 8.57. The van der Waals surface area contributed by atoms with Crippen LogP contribution in [0, 0.1) is 13.8 Å². The molecule has 0 radical (unpaired) electrons. The Morgan fingerprint density at radius 2 is 1.96 bits per heavy atom. The Morgan fingerprint density at radius 1 is 1.13 bits per heavy atom. The highest BCUT2D eigenvalue weighted by Crippen LogP contribution is 2.29. The van der Waals surface area contributed by atoms with Crippen LogP contribution >= 0.6 is 0 Å². The third-order valence-electron chi connectivity index (χ3n) is 4.92. The van der Waals surface area contributed by atoms with Crippen LogP contribution in [0.1, 0.15) is 53.1 Å². The maximum absolute atomic E-state index is 12.3. The van der Waals surface area contributed by atoms with Gasteiger partial charge in [0.05, 0.1) is 6.04 Å². The number of rotatable bonds is 4. The number of amides is 1. The van der Waals surface area contributed by atoms with Gasteiger partial charge in [-0.05, 0) is 67.3 Å². The van der Waals surface area contributed by atoms with Gasteiger partial charge in [-0.25, -0.2) is 0 Å². The van der Waals surface area contributed by atoms with Gasteiger partial charge >= 0.3 is 0 Å². The summed E-state index contributed by atoms with van der Waals surface area (Å²) in [6, 6.07) is 15.1. The van der Waals surface area contributed by atoms with Gasteiger partial charge in [-0.2, -0.15) is 0 Å². The molecular weight excluding hydrogens is 282 g/mol. The van der Waals surface area contributed by atoms with E-state index in [1.807, 2.05) is 0 Å². The maximum Gasteiger partial charge on any atom is 0.220 e. The van der Waals surface area contributed by atoms with Gasteiger partial charge in [0.15, 0.2) is 0 Å². The van der Waals surface area contributed by atoms with Crippen molar-refractivity contribution in [2.45, 2.75) is 52.0 Å². The van der Waals surface area contributed by atoms with Gasteiger partial charge in [-0.1, -0.05) is 42.5 Å². The zero-order valence-corrected chi connectivity index (χ0v) is 14.1. The normalized spacial score (nSPS) is 16.7. The molecule has 0 unspecified atom stereocenters. The number of fused-ring (bicyclic) bond motifs is 1. The van der Waals surface area contributed by atoms with Crippen LogP contribution in [0.4, 0.5) is 0 Å². The molecule has 0 bridgehead atoms. The molecule has 23 heavy (non-hydrogen) atoms. The standard InChI is InChI=1S/C21H25NO/c1-15-10-11-17(14-16(15)2)12-13-21(23)22-20-9-5-7-18-6-3-4-8-19(18)20/h3-4,6,8,10-11,14,20H,5,7,9,12-13H2,1-2H3,(H,22,23)/t20-/m0/s1. The third kappa shape index (κ3) is 3.82. The van der Waals surface area contributed by atoms with E-state index in [0.717, 1.165) is 25.7 Å². The Bertz CT molecular complexity index is 705. The van der Waals surface area contributed by atoms with Gasteiger partial charge in [0.1, 0.15) is 0 Å². The number of hydrogen-bond donors (Lipinski definition) is 1. The summed E-state index contributed by atoms with van der Waals surface area (Å²) in [7, 11) is 0. The number of carbonyl (C=O) groups excluding carboxylic acids is 1. The average molecular weight is 307 g/mol. The highest BCUT2D eigenvalue weighted by molar-refractivity contribution is 5.76. The molecule has 120 valence electrons. The molecule has 2 nitrogen and oxygen atoms in total. The van der Waals surface area contributed by atoms with Crippen molar-refractivity contribution < 1.29 is 4.79 Å². The molecule has 1 atom stereocenters. The van der Waals surface area contributed by atoms with E-state index in [1.54, 1.807) is 0 Å². The van der Waals surface area contributed by atoms with Crippen molar-refractivity contribution in [3.63, 3.8) is 0 Å². The fraction of sp³-hybridized carbons (Fsp3) is 0.381. The summed E-state index contributed by atoms with van der Waals surface area (Å²) in [5, 5.41) is 3.23. The van der Waals surface area contributed by atoms with Crippen LogP contribution in [-0.2, 0) is 17.6 Å². The van der Waals surface area contributed by atoms with E-state index in [4.69, 9.17) is 0 Å². The van der Waals surface area contributed by atoms with Gasteiger partial charge in [-0.15, -0.1) is 0 Å². The van der Waals surface area contributed by atoms with Crippen molar-refractivity contribution in [1.29, 1.82) is 0 Å². The lowest BCUT2D eigenvalue weighted by molar-refractivity contribution is -0.121. The molecule has 1 aliphatic rings. The monoisotopic (exact) mass is 307 g/mol. The van der Waals surface area contributed by atoms with Crippen LogP contribution < -0.4 is 5.32 Å². The zero-order valence-electron chi connectivity index (χ0n) is 14.1. The van der Waals surface area contributed by atoms with E-state index >= 15 is 0 Å². The summed E-state index contributed by atoms with van der Waals surface area (Å²) >= 11 is 0. The fourth-order valence-corrected chi connectivity index (χ4v) is 3.39. The van der Waals surface area contributed by atoms with E-state index in [2.05, 4.69) is 61.6 Å². The van der Waals surface area contributed by atoms with Gasteiger partial charge in [0.2, 0.25) is 5.91 Å². The minimum absolute atomic E-state index is 0.157. The molecule has 0 aromatic heterocycles. The minimum Gasteiger partial charge on any atom is -0.349 e. The topological polar surface area (TPSA) is 29.1 Å². The van der Waals surface area contributed by atoms with E-state index in [1.165, 1.54) is 27.8 Å². The third-order valence-corrected chi connectivity index (χ3v) is 4.92. The Balaban J connectivity index is 1.59. The molecule has 0 spiro atoms. The Morgan fingerprint density at radius 3 is 2.78 bits per heavy atom. The van der Waals surface area contributed by atoms with E-state index in [0.29, 0.717) is 6.42 Å². The summed E-state index contributed by atoms with van der Waals surface area (Å²) in [4.78, 5) is 12.3. The van der Waals surface area contributed by atoms with Crippen molar-refractivity contribution in [1.82, 2.24) is 5.32 Å². The quantitative estimate of drug-likeness (QED) is 0.889. The van der Waals surface area contributed by atoms with Gasteiger partial charge in [-0.3, -0.25) is 4.79 Å². The lowest BCUT2D eigenvalue weighted by Gasteiger charge is -2.26. The molecule has 2 aromatic carbocycles. The summed E-state index contributed by atoms with van der Waals surface area (Å²) in [5.41, 5.74) is 6.53. The molecule has 0 heterocycles. The molecule has 3 rings (SSSR count). The lowest BCUT2D eigenvalue weighted by atomic mass is 9.87. The molecule has 0 aliphatic heterocycles. The predicted molar refractivity (Wildman–Crippen MR) is 94.5 cm³/mol. The molecule has 1 amide bonds. The Labute approximate surface area is 138 Å². The molecule has 2 heteroatoms. The van der Waals surface area contributed by atoms with Crippen LogP contribution in [0.2, 0.25) is 0 Å². The summed E-state index contributed by atoms with van der Waals surface area (Å²) in [5.74, 6) is 0.157. The SMILES string of the molecule is Cc1ccc(CCC(=O)N[C@H]2CCCc3ccccc32)cc1C. The lowest BCUT2D eigenvalue weighted by Crippen LogP contribution is -2.31. The number of nitrogens with one attached hydrogen (secondary N) is 1. The van der Waals surface area contributed by atoms with E-state index < -0.39 is 0 Å². The fourth-order valence-electron chi connectivity index (χ4n) is 3.39. The molecule has 2 aromatic rings. The molecule has 0 fully saturated rings. The second kappa shape index (κ2) is 6.99. The van der Waals surface area contributed by atoms with Gasteiger partial charge in [0, 0.05) is 6.42 Å². The highest BCUT2D eigenvalue weighted by atomic mass is 16.1. The second-order valence-corrected chi connectivity index (χ2v) is 6.63. The Kier molecular flexibility index (Phi) is 4.80. The Hall–Kier alpha value is -2.09. The van der Waals surface area contributed by atoms with Crippen LogP contribution in [-0.4, -0.2) is 5.91 Å². The first-order valence-electron chi connectivity index (χ1n) is 8.57. The number of aryl methyl sites for hydroxylation is 4. The summed E-state index contributed by atoms with van der Waals surface area (Å²) in [6.07, 6.45) is 4.69. The van der Waals surface area contributed by atoms with E-state index in [9.17, 15) is 4.79 Å². The first-order chi connectivity index (χ1) is 11.1. The van der Waals surface area contributed by atoms with Gasteiger partial charge in [0.25, 0.3) is 0 Å². The van der Waals surface area contributed by atoms with Crippen LogP contribution in [0.25, 0.3) is 0 Å². The largest absolute Gasteiger partial charge is 0.349 e. The zero-order chi connectivity index (χ0) is 16.2. The summed E-state index contributed by atoms with van der Waals surface area (Å²) < 4.78 is 0. The second-order valence-electron chi connectivity index (χ2n) is 6.63. The van der Waals surface area contributed by atoms with E-state index in [-0.39, 0.29) is 11.9 Å². The van der Waals surface area contributed by atoms with Crippen LogP contribution in [0.5, 0.6) is 0 Å². The number of benzene rings is 2. The first kappa shape index (κ1) is 15.8. The van der Waals surface area contributed by atoms with Crippen LogP contribution in [0.15, 0.2) is 42.5 Å². The molecule has 1 N–H and O–H groups in total. The summed E-state index contributed by atoms with van der Waals surface area (Å²) in [6.45, 7) is 4.24. The molecular formula is C21H25NO. The van der Waals surface area contributed by atoms with Crippen molar-refractivity contribution in [2.24, 2.45) is 0 Å². The smallest absolute Gasteiger partial charge is 0.220 e. The number of hydrogen-bond acceptors (Lipinski definition) is 1.